The van der Waals surface area contributed by atoms with E-state index < -0.39 is 8.70 Å². The summed E-state index contributed by atoms with van der Waals surface area (Å²) >= 11 is 0. The Hall–Kier alpha value is 1.86. The molecule has 0 radical (unpaired) electrons. The summed E-state index contributed by atoms with van der Waals surface area (Å²) in [6.45, 7) is 4.82. The van der Waals surface area contributed by atoms with Crippen molar-refractivity contribution in [1.82, 2.24) is 4.90 Å². The molecular weight excluding hydrogens is 325 g/mol. The second-order valence-electron chi connectivity index (χ2n) is 3.52. The average Bonchev–Trinajstić information content (AvgIpc) is 2.14. The Labute approximate surface area is 108 Å². The summed E-state index contributed by atoms with van der Waals surface area (Å²) in [5.74, 6) is 5.25. The van der Waals surface area contributed by atoms with Gasteiger partial charge in [-0.25, -0.2) is 0 Å². The molecule has 2 bridgehead atoms. The third-order valence-corrected chi connectivity index (χ3v) is 41.6. The topological polar surface area (TPSA) is 29.3 Å². The van der Waals surface area contributed by atoms with Crippen LogP contribution >= 0.6 is 40.3 Å². The van der Waals surface area contributed by atoms with E-state index in [2.05, 4.69) is 45.2 Å². The predicted molar refractivity (Wildman–Crippen MR) is 81.1 cm³/mol. The van der Waals surface area contributed by atoms with Crippen LogP contribution in [0.4, 0.5) is 0 Å². The maximum atomic E-state index is 5.65. The van der Waals surface area contributed by atoms with Crippen molar-refractivity contribution in [2.24, 2.45) is 5.73 Å². The normalized spacial score (nSPS) is 37.0. The summed E-state index contributed by atoms with van der Waals surface area (Å²) in [6.07, 6.45) is 0. The van der Waals surface area contributed by atoms with Crippen LogP contribution in [0.2, 0.25) is 0 Å². The molecule has 0 amide bonds. The summed E-state index contributed by atoms with van der Waals surface area (Å²) in [5.41, 5.74) is 5.65. The molecule has 2 N–H and O–H groups in total. The molecule has 3 saturated heterocycles. The van der Waals surface area contributed by atoms with E-state index in [9.17, 15) is 0 Å². The van der Waals surface area contributed by atoms with Crippen LogP contribution in [0, 0.1) is 0 Å². The molecule has 0 aromatic carbocycles. The van der Waals surface area contributed by atoms with E-state index in [0.717, 1.165) is 6.54 Å². The molecule has 0 aliphatic carbocycles. The first-order valence-electron chi connectivity index (χ1n) is 5.33. The average molecular weight is 343 g/mol. The first-order valence-corrected chi connectivity index (χ1v) is 19.5. The van der Waals surface area contributed by atoms with E-state index in [0.29, 0.717) is 0 Å². The second-order valence-corrected chi connectivity index (χ2v) is 36.5. The Morgan fingerprint density at radius 1 is 1.07 bits per heavy atom. The van der Waals surface area contributed by atoms with E-state index in [-0.39, 0.29) is 0 Å². The van der Waals surface area contributed by atoms with Gasteiger partial charge in [-0.2, -0.15) is 0 Å². The van der Waals surface area contributed by atoms with Crippen molar-refractivity contribution < 1.29 is 0 Å². The van der Waals surface area contributed by atoms with Crippen molar-refractivity contribution in [2.75, 3.05) is 49.2 Å². The molecule has 0 atom stereocenters. The van der Waals surface area contributed by atoms with Crippen LogP contribution in [0.25, 0.3) is 0 Å². The fourth-order valence-corrected chi connectivity index (χ4v) is 39.6. The fourth-order valence-electron chi connectivity index (χ4n) is 1.67. The first kappa shape index (κ1) is 13.3. The van der Waals surface area contributed by atoms with Gasteiger partial charge in [0.1, 0.15) is 0 Å². The maximum absolute atomic E-state index is 5.65. The van der Waals surface area contributed by atoms with Gasteiger partial charge in [-0.3, -0.25) is 0 Å². The second kappa shape index (κ2) is 6.70. The Morgan fingerprint density at radius 2 is 1.60 bits per heavy atom. The summed E-state index contributed by atoms with van der Waals surface area (Å²) in [7, 11) is 7.48. The van der Waals surface area contributed by atoms with Crippen LogP contribution in [-0.4, -0.2) is 62.8 Å². The molecule has 0 saturated carbocycles. The first-order chi connectivity index (χ1) is 7.35. The van der Waals surface area contributed by atoms with Crippen LogP contribution < -0.4 is 5.73 Å². The molecule has 3 aliphatic heterocycles. The molecule has 0 unspecified atom stereocenters. The van der Waals surface area contributed by atoms with Gasteiger partial charge >= 0.3 is 109 Å². The summed E-state index contributed by atoms with van der Waals surface area (Å²) < 4.78 is 0. The zero-order valence-electron chi connectivity index (χ0n) is 8.81. The Kier molecular flexibility index (Phi) is 5.94. The monoisotopic (exact) mass is 344 g/mol. The van der Waals surface area contributed by atoms with Gasteiger partial charge in [0, 0.05) is 0 Å². The molecule has 0 aromatic rings. The van der Waals surface area contributed by atoms with Gasteiger partial charge in [0.05, 0.1) is 0 Å². The van der Waals surface area contributed by atoms with Crippen molar-refractivity contribution in [3.8, 4) is 0 Å². The van der Waals surface area contributed by atoms with Gasteiger partial charge in [0.25, 0.3) is 0 Å². The predicted octanol–water partition coefficient (Wildman–Crippen LogP) is 1.64. The molecule has 88 valence electrons. The van der Waals surface area contributed by atoms with Crippen molar-refractivity contribution in [3.63, 3.8) is 0 Å². The summed E-state index contributed by atoms with van der Waals surface area (Å²) in [4.78, 5) is 2.63. The molecule has 2 nitrogen and oxygen atoms in total. The van der Waals surface area contributed by atoms with E-state index in [1.54, 1.807) is 0 Å². The number of rotatable bonds is 3. The van der Waals surface area contributed by atoms with E-state index >= 15 is 0 Å². The Bertz CT molecular complexity index is 175. The van der Waals surface area contributed by atoms with Gasteiger partial charge in [0.2, 0.25) is 0 Å². The van der Waals surface area contributed by atoms with Crippen LogP contribution in [-0.2, 0) is 0 Å². The van der Waals surface area contributed by atoms with Crippen LogP contribution in [0.15, 0.2) is 0 Å². The molecule has 3 fully saturated rings. The zero-order chi connectivity index (χ0) is 10.6. The van der Waals surface area contributed by atoms with Gasteiger partial charge in [-0.1, -0.05) is 0 Å². The molecule has 3 aliphatic rings. The molecule has 0 aromatic heterocycles. The molecule has 3 heterocycles. The van der Waals surface area contributed by atoms with Gasteiger partial charge in [-0.15, -0.1) is 0 Å². The van der Waals surface area contributed by atoms with Crippen molar-refractivity contribution in [2.45, 2.75) is 0 Å². The number of nitrogens with zero attached hydrogens (tertiary/aromatic N) is 1. The molecule has 0 spiro atoms. The molecule has 7 heteroatoms. The summed E-state index contributed by atoms with van der Waals surface area (Å²) in [6, 6.07) is 0. The quantitative estimate of drug-likeness (QED) is 0.784. The molecule has 15 heavy (non-hydrogen) atoms. The van der Waals surface area contributed by atoms with E-state index in [1.807, 2.05) is 0 Å². The van der Waals surface area contributed by atoms with Gasteiger partial charge in [-0.05, 0) is 0 Å². The fraction of sp³-hybridized carbons (Fsp3) is 1.00. The Morgan fingerprint density at radius 3 is 2.07 bits per heavy atom. The van der Waals surface area contributed by atoms with Crippen molar-refractivity contribution in [1.29, 1.82) is 0 Å². The number of hydrogen-bond acceptors (Lipinski definition) is 6. The third kappa shape index (κ3) is 3.93. The number of hydrogen-bond donors (Lipinski definition) is 1. The van der Waals surface area contributed by atoms with E-state index in [1.165, 1.54) is 42.6 Å². The van der Waals surface area contributed by atoms with Crippen LogP contribution in [0.5, 0.6) is 0 Å². The number of nitrogens with two attached hydrogens (primary N) is 1. The summed E-state index contributed by atoms with van der Waals surface area (Å²) in [5, 5.41) is 0. The number of fused-ring (bicyclic) bond motifs is 6. The van der Waals surface area contributed by atoms with Crippen molar-refractivity contribution in [3.05, 3.63) is 0 Å². The van der Waals surface area contributed by atoms with Crippen LogP contribution in [0.1, 0.15) is 0 Å². The third-order valence-electron chi connectivity index (χ3n) is 2.46. The van der Waals surface area contributed by atoms with Crippen LogP contribution in [0.3, 0.4) is 0 Å². The van der Waals surface area contributed by atoms with Gasteiger partial charge in [0.15, 0.2) is 0 Å². The Balaban J connectivity index is 1.98. The SMILES string of the molecule is NCC[S][Ge]12[S]CCN(CC[S]1)CC[S]2. The minimum absolute atomic E-state index is 0.853. The molecule has 3 rings (SSSR count). The minimum atomic E-state index is -1.73. The van der Waals surface area contributed by atoms with Crippen molar-refractivity contribution >= 4 is 49.0 Å². The molecular formula is C8H18GeN2S4. The zero-order valence-corrected chi connectivity index (χ0v) is 14.2. The van der Waals surface area contributed by atoms with E-state index in [4.69, 9.17) is 5.73 Å². The van der Waals surface area contributed by atoms with Gasteiger partial charge < -0.3 is 0 Å². The standard InChI is InChI=1S/C8H18GeN2S4/c10-1-5-12-9-13-6-2-11(3-7-14-9)4-8-15-9/h1-8,10H2.